The molecule has 1 N–H and O–H groups in total. The van der Waals surface area contributed by atoms with E-state index in [1.807, 2.05) is 0 Å². The van der Waals surface area contributed by atoms with Crippen LogP contribution in [0.1, 0.15) is 54.9 Å². The van der Waals surface area contributed by atoms with E-state index in [9.17, 15) is 0 Å². The van der Waals surface area contributed by atoms with Crippen LogP contribution in [0.3, 0.4) is 0 Å². The Bertz CT molecular complexity index is 359. The molecule has 21 heavy (non-hydrogen) atoms. The molecule has 2 nitrogen and oxygen atoms in total. The van der Waals surface area contributed by atoms with E-state index in [1.54, 1.807) is 0 Å². The number of rotatable bonds is 4. The number of thioether (sulfide) groups is 2. The van der Waals surface area contributed by atoms with Crippen LogP contribution < -0.4 is 5.32 Å². The van der Waals surface area contributed by atoms with Crippen molar-refractivity contribution >= 4 is 23.5 Å². The van der Waals surface area contributed by atoms with Gasteiger partial charge in [0, 0.05) is 33.5 Å². The van der Waals surface area contributed by atoms with E-state index >= 15 is 0 Å². The Morgan fingerprint density at radius 3 is 2.33 bits per heavy atom. The van der Waals surface area contributed by atoms with Gasteiger partial charge in [0.25, 0.3) is 0 Å². The van der Waals surface area contributed by atoms with Gasteiger partial charge in [-0.25, -0.2) is 0 Å². The third kappa shape index (κ3) is 4.13. The van der Waals surface area contributed by atoms with Crippen LogP contribution in [0.2, 0.25) is 0 Å². The molecular formula is C17H33NOS2. The van der Waals surface area contributed by atoms with Gasteiger partial charge < -0.3 is 10.1 Å². The van der Waals surface area contributed by atoms with E-state index in [0.717, 1.165) is 23.5 Å². The molecule has 0 aromatic rings. The fourth-order valence-electron chi connectivity index (χ4n) is 3.93. The summed E-state index contributed by atoms with van der Waals surface area (Å²) >= 11 is 4.34. The van der Waals surface area contributed by atoms with Crippen molar-refractivity contribution in [2.75, 3.05) is 12.3 Å². The molecule has 0 bridgehead atoms. The van der Waals surface area contributed by atoms with Crippen LogP contribution in [-0.4, -0.2) is 45.3 Å². The molecule has 0 amide bonds. The first-order valence-electron chi connectivity index (χ1n) is 8.37. The van der Waals surface area contributed by atoms with Crippen LogP contribution in [0.15, 0.2) is 0 Å². The summed E-state index contributed by atoms with van der Waals surface area (Å²) in [4.78, 5) is 0. The summed E-state index contributed by atoms with van der Waals surface area (Å²) in [6, 6.07) is 0.555. The summed E-state index contributed by atoms with van der Waals surface area (Å²) in [6.45, 7) is 17.1. The molecule has 4 heteroatoms. The number of ether oxygens (including phenoxy) is 1. The van der Waals surface area contributed by atoms with Crippen LogP contribution in [0.5, 0.6) is 0 Å². The van der Waals surface area contributed by atoms with Gasteiger partial charge in [-0.1, -0.05) is 20.8 Å². The van der Waals surface area contributed by atoms with E-state index in [2.05, 4.69) is 77.3 Å². The Kier molecular flexibility index (Phi) is 5.67. The van der Waals surface area contributed by atoms with E-state index in [4.69, 9.17) is 4.74 Å². The van der Waals surface area contributed by atoms with Crippen molar-refractivity contribution in [3.05, 3.63) is 0 Å². The summed E-state index contributed by atoms with van der Waals surface area (Å²) < 4.78 is 6.36. The molecule has 0 aromatic heterocycles. The molecule has 2 heterocycles. The molecule has 0 radical (unpaired) electrons. The fraction of sp³-hybridized carbons (Fsp3) is 1.00. The Hall–Kier alpha value is 0.620. The summed E-state index contributed by atoms with van der Waals surface area (Å²) in [5.74, 6) is 1.85. The minimum atomic E-state index is -0.0339. The first kappa shape index (κ1) is 18.0. The van der Waals surface area contributed by atoms with Crippen molar-refractivity contribution in [3.63, 3.8) is 0 Å². The van der Waals surface area contributed by atoms with Crippen LogP contribution in [0, 0.1) is 5.92 Å². The topological polar surface area (TPSA) is 21.3 Å². The second-order valence-corrected chi connectivity index (χ2v) is 10.8. The molecule has 2 rings (SSSR count). The lowest BCUT2D eigenvalue weighted by atomic mass is 9.80. The summed E-state index contributed by atoms with van der Waals surface area (Å²) in [5.41, 5.74) is -0.0267. The number of nitrogens with one attached hydrogen (secondary N) is 1. The molecule has 0 saturated carbocycles. The maximum absolute atomic E-state index is 6.36. The lowest BCUT2D eigenvalue weighted by Gasteiger charge is -2.41. The van der Waals surface area contributed by atoms with Gasteiger partial charge in [0.15, 0.2) is 0 Å². The van der Waals surface area contributed by atoms with Crippen LogP contribution >= 0.6 is 23.5 Å². The second kappa shape index (κ2) is 6.62. The highest BCUT2D eigenvalue weighted by molar-refractivity contribution is 8.07. The first-order chi connectivity index (χ1) is 9.66. The van der Waals surface area contributed by atoms with Gasteiger partial charge in [-0.15, -0.1) is 0 Å². The van der Waals surface area contributed by atoms with Crippen LogP contribution in [-0.2, 0) is 4.74 Å². The van der Waals surface area contributed by atoms with Crippen molar-refractivity contribution in [2.45, 2.75) is 87.9 Å². The normalized spacial score (nSPS) is 40.1. The van der Waals surface area contributed by atoms with Crippen molar-refractivity contribution in [1.29, 1.82) is 0 Å². The largest absolute Gasteiger partial charge is 0.369 e. The zero-order valence-electron chi connectivity index (χ0n) is 14.7. The minimum absolute atomic E-state index is 0.00716. The van der Waals surface area contributed by atoms with Gasteiger partial charge in [-0.3, -0.25) is 0 Å². The lowest BCUT2D eigenvalue weighted by molar-refractivity contribution is -0.0775. The maximum Gasteiger partial charge on any atom is 0.0678 e. The second-order valence-electron chi connectivity index (χ2n) is 7.78. The molecule has 0 aliphatic carbocycles. The molecule has 2 saturated heterocycles. The van der Waals surface area contributed by atoms with Crippen molar-refractivity contribution < 1.29 is 4.74 Å². The standard InChI is InChI=1S/C17H33NOS2/c1-8-18-15(14-10-20-11(2)12(3)21-14)13-9-16(4,5)19-17(13,6)7/h11-15,18H,8-10H2,1-7H3. The van der Waals surface area contributed by atoms with E-state index < -0.39 is 0 Å². The van der Waals surface area contributed by atoms with E-state index in [0.29, 0.717) is 17.2 Å². The predicted molar refractivity (Wildman–Crippen MR) is 97.6 cm³/mol. The van der Waals surface area contributed by atoms with Gasteiger partial charge in [0.1, 0.15) is 0 Å². The van der Waals surface area contributed by atoms with Gasteiger partial charge >= 0.3 is 0 Å². The Balaban J connectivity index is 2.15. The molecule has 5 unspecified atom stereocenters. The van der Waals surface area contributed by atoms with Gasteiger partial charge in [0.2, 0.25) is 0 Å². The average molecular weight is 332 g/mol. The third-order valence-corrected chi connectivity index (χ3v) is 8.51. The van der Waals surface area contributed by atoms with Crippen LogP contribution in [0.25, 0.3) is 0 Å². The number of hydrogen-bond acceptors (Lipinski definition) is 4. The Morgan fingerprint density at radius 1 is 1.19 bits per heavy atom. The summed E-state index contributed by atoms with van der Waals surface area (Å²) in [7, 11) is 0. The highest BCUT2D eigenvalue weighted by Crippen LogP contribution is 2.47. The smallest absolute Gasteiger partial charge is 0.0678 e. The highest BCUT2D eigenvalue weighted by atomic mass is 32.2. The third-order valence-electron chi connectivity index (χ3n) is 4.99. The summed E-state index contributed by atoms with van der Waals surface area (Å²) in [5, 5.41) is 6.03. The lowest BCUT2D eigenvalue weighted by Crippen LogP contribution is -2.52. The molecule has 0 aromatic carbocycles. The summed E-state index contributed by atoms with van der Waals surface area (Å²) in [6.07, 6.45) is 1.16. The zero-order chi connectivity index (χ0) is 15.8. The van der Waals surface area contributed by atoms with Crippen molar-refractivity contribution in [3.8, 4) is 0 Å². The fourth-order valence-corrected chi connectivity index (χ4v) is 7.11. The van der Waals surface area contributed by atoms with Crippen molar-refractivity contribution in [2.24, 2.45) is 5.92 Å². The molecule has 0 spiro atoms. The van der Waals surface area contributed by atoms with Gasteiger partial charge in [-0.2, -0.15) is 23.5 Å². The average Bonchev–Trinajstić information content (AvgIpc) is 2.58. The zero-order valence-corrected chi connectivity index (χ0v) is 16.4. The quantitative estimate of drug-likeness (QED) is 0.834. The van der Waals surface area contributed by atoms with Crippen molar-refractivity contribution in [1.82, 2.24) is 5.32 Å². The SMILES string of the molecule is CCNC(C1CSC(C)C(C)S1)C1CC(C)(C)OC1(C)C. The minimum Gasteiger partial charge on any atom is -0.369 e. The number of hydrogen-bond donors (Lipinski definition) is 1. The Labute approximate surface area is 139 Å². The molecule has 2 aliphatic rings. The monoisotopic (exact) mass is 331 g/mol. The van der Waals surface area contributed by atoms with E-state index in [1.165, 1.54) is 5.75 Å². The molecule has 5 atom stereocenters. The molecule has 2 fully saturated rings. The van der Waals surface area contributed by atoms with Gasteiger partial charge in [0.05, 0.1) is 11.2 Å². The molecule has 124 valence electrons. The van der Waals surface area contributed by atoms with E-state index in [-0.39, 0.29) is 11.2 Å². The van der Waals surface area contributed by atoms with Crippen LogP contribution in [0.4, 0.5) is 0 Å². The molecular weight excluding hydrogens is 298 g/mol. The highest BCUT2D eigenvalue weighted by Gasteiger charge is 2.51. The maximum atomic E-state index is 6.36. The molecule has 2 aliphatic heterocycles. The Morgan fingerprint density at radius 2 is 1.86 bits per heavy atom. The predicted octanol–water partition coefficient (Wildman–Crippen LogP) is 4.18. The first-order valence-corrected chi connectivity index (χ1v) is 10.4. The van der Waals surface area contributed by atoms with Gasteiger partial charge in [-0.05, 0) is 40.7 Å².